The van der Waals surface area contributed by atoms with Gasteiger partial charge in [0.05, 0.1) is 29.2 Å². The summed E-state index contributed by atoms with van der Waals surface area (Å²) >= 11 is 9.28. The first-order valence-corrected chi connectivity index (χ1v) is 11.2. The quantitative estimate of drug-likeness (QED) is 0.256. The molecule has 0 fully saturated rings. The molecule has 1 aliphatic rings. The molecule has 8 nitrogen and oxygen atoms in total. The van der Waals surface area contributed by atoms with E-state index < -0.39 is 23.2 Å². The fourth-order valence-corrected chi connectivity index (χ4v) is 4.18. The van der Waals surface area contributed by atoms with Crippen LogP contribution >= 0.6 is 27.5 Å². The molecule has 0 saturated carbocycles. The normalized spacial score (nSPS) is 12.9. The summed E-state index contributed by atoms with van der Waals surface area (Å²) in [7, 11) is 0. The SMILES string of the molecule is O=C(CCN1C(=O)c2ccc(Br)cc2C1=O)Oc1c(-c2ccco2)oc2ccc(Cl)cc2c1=O. The predicted octanol–water partition coefficient (Wildman–Crippen LogP) is 5.06. The summed E-state index contributed by atoms with van der Waals surface area (Å²) in [5.41, 5.74) is 0.125. The minimum absolute atomic E-state index is 0.0660. The van der Waals surface area contributed by atoms with Crippen LogP contribution in [-0.2, 0) is 4.79 Å². The van der Waals surface area contributed by atoms with Crippen molar-refractivity contribution in [2.45, 2.75) is 6.42 Å². The molecule has 0 N–H and O–H groups in total. The van der Waals surface area contributed by atoms with E-state index >= 15 is 0 Å². The van der Waals surface area contributed by atoms with E-state index in [-0.39, 0.29) is 52.3 Å². The number of carbonyl (C=O) groups excluding carboxylic acids is 3. The summed E-state index contributed by atoms with van der Waals surface area (Å²) in [5.74, 6) is -2.10. The minimum atomic E-state index is -0.834. The highest BCUT2D eigenvalue weighted by Gasteiger charge is 2.36. The van der Waals surface area contributed by atoms with Gasteiger partial charge in [0.25, 0.3) is 11.8 Å². The first kappa shape index (κ1) is 22.1. The van der Waals surface area contributed by atoms with Gasteiger partial charge in [0.2, 0.25) is 16.9 Å². The molecule has 2 amide bonds. The number of esters is 1. The highest BCUT2D eigenvalue weighted by Crippen LogP contribution is 2.32. The van der Waals surface area contributed by atoms with Gasteiger partial charge in [-0.1, -0.05) is 27.5 Å². The van der Waals surface area contributed by atoms with Crippen LogP contribution in [0.25, 0.3) is 22.5 Å². The molecule has 0 spiro atoms. The zero-order chi connectivity index (χ0) is 24.0. The average Bonchev–Trinajstić information content (AvgIpc) is 3.42. The Bertz CT molecular complexity index is 1540. The van der Waals surface area contributed by atoms with Crippen molar-refractivity contribution in [3.8, 4) is 17.3 Å². The van der Waals surface area contributed by atoms with Crippen LogP contribution in [0.4, 0.5) is 0 Å². The van der Waals surface area contributed by atoms with Gasteiger partial charge >= 0.3 is 5.97 Å². The van der Waals surface area contributed by atoms with Gasteiger partial charge in [0.1, 0.15) is 5.58 Å². The van der Waals surface area contributed by atoms with Gasteiger partial charge in [-0.2, -0.15) is 0 Å². The van der Waals surface area contributed by atoms with Gasteiger partial charge in [0, 0.05) is 16.0 Å². The van der Waals surface area contributed by atoms with Crippen LogP contribution in [0.1, 0.15) is 27.1 Å². The Morgan fingerprint density at radius 2 is 1.82 bits per heavy atom. The van der Waals surface area contributed by atoms with E-state index in [1.807, 2.05) is 0 Å². The predicted molar refractivity (Wildman–Crippen MR) is 125 cm³/mol. The van der Waals surface area contributed by atoms with E-state index in [0.717, 1.165) is 4.90 Å². The van der Waals surface area contributed by atoms with Crippen molar-refractivity contribution in [2.24, 2.45) is 0 Å². The first-order valence-electron chi connectivity index (χ1n) is 10.00. The standard InChI is InChI=1S/C24H13BrClNO7/c25-12-3-5-14-15(10-12)24(31)27(23(14)30)8-7-19(28)34-22-20(29)16-11-13(26)4-6-17(16)33-21(22)18-2-1-9-32-18/h1-6,9-11H,7-8H2. The molecule has 170 valence electrons. The molecule has 0 aliphatic carbocycles. The van der Waals surface area contributed by atoms with Crippen molar-refractivity contribution in [1.29, 1.82) is 0 Å². The van der Waals surface area contributed by atoms with E-state index in [1.54, 1.807) is 36.4 Å². The molecule has 0 unspecified atom stereocenters. The summed E-state index contributed by atoms with van der Waals surface area (Å²) in [5, 5.41) is 0.427. The van der Waals surface area contributed by atoms with E-state index in [4.69, 9.17) is 25.2 Å². The minimum Gasteiger partial charge on any atom is -0.461 e. The lowest BCUT2D eigenvalue weighted by molar-refractivity contribution is -0.134. The van der Waals surface area contributed by atoms with Crippen LogP contribution in [0, 0.1) is 0 Å². The maximum absolute atomic E-state index is 13.1. The van der Waals surface area contributed by atoms with Crippen LogP contribution in [0.2, 0.25) is 5.02 Å². The van der Waals surface area contributed by atoms with Crippen LogP contribution in [0.3, 0.4) is 0 Å². The van der Waals surface area contributed by atoms with Gasteiger partial charge in [0.15, 0.2) is 5.76 Å². The van der Waals surface area contributed by atoms with E-state index in [1.165, 1.54) is 18.4 Å². The molecular weight excluding hydrogens is 530 g/mol. The van der Waals surface area contributed by atoms with Crippen LogP contribution in [0.15, 0.2) is 72.9 Å². The average molecular weight is 543 g/mol. The summed E-state index contributed by atoms with van der Waals surface area (Å²) in [6.45, 7) is -0.219. The molecule has 0 bridgehead atoms. The van der Waals surface area contributed by atoms with Gasteiger partial charge in [-0.3, -0.25) is 24.1 Å². The number of hydrogen-bond acceptors (Lipinski definition) is 7. The maximum atomic E-state index is 13.1. The number of fused-ring (bicyclic) bond motifs is 2. The largest absolute Gasteiger partial charge is 0.461 e. The third-order valence-electron chi connectivity index (χ3n) is 5.24. The number of hydrogen-bond donors (Lipinski definition) is 0. The number of nitrogens with zero attached hydrogens (tertiary/aromatic N) is 1. The van der Waals surface area contributed by atoms with Gasteiger partial charge in [-0.25, -0.2) is 0 Å². The van der Waals surface area contributed by atoms with Crippen LogP contribution < -0.4 is 10.2 Å². The van der Waals surface area contributed by atoms with Crippen LogP contribution in [0.5, 0.6) is 5.75 Å². The molecule has 2 aromatic carbocycles. The summed E-state index contributed by atoms with van der Waals surface area (Å²) < 4.78 is 17.1. The molecule has 0 saturated heterocycles. The van der Waals surface area contributed by atoms with E-state index in [2.05, 4.69) is 15.9 Å². The smallest absolute Gasteiger partial charge is 0.313 e. The van der Waals surface area contributed by atoms with Crippen molar-refractivity contribution in [3.63, 3.8) is 0 Å². The summed E-state index contributed by atoms with van der Waals surface area (Å²) in [6.07, 6.45) is 1.05. The van der Waals surface area contributed by atoms with Crippen molar-refractivity contribution in [1.82, 2.24) is 4.90 Å². The van der Waals surface area contributed by atoms with Crippen molar-refractivity contribution in [3.05, 3.63) is 85.6 Å². The van der Waals surface area contributed by atoms with E-state index in [9.17, 15) is 19.2 Å². The highest BCUT2D eigenvalue weighted by molar-refractivity contribution is 9.10. The lowest BCUT2D eigenvalue weighted by Crippen LogP contribution is -2.32. The van der Waals surface area contributed by atoms with Crippen molar-refractivity contribution >= 4 is 56.3 Å². The number of halogens is 2. The molecule has 10 heteroatoms. The topological polar surface area (TPSA) is 107 Å². The molecule has 4 aromatic rings. The number of furan rings is 1. The summed E-state index contributed by atoms with van der Waals surface area (Å²) in [4.78, 5) is 51.9. The Balaban J connectivity index is 1.41. The fraction of sp³-hybridized carbons (Fsp3) is 0.0833. The molecular formula is C24H13BrClNO7. The number of imide groups is 1. The highest BCUT2D eigenvalue weighted by atomic mass is 79.9. The monoisotopic (exact) mass is 541 g/mol. The molecule has 3 heterocycles. The third kappa shape index (κ3) is 3.82. The number of benzene rings is 2. The molecule has 0 radical (unpaired) electrons. The van der Waals surface area contributed by atoms with Crippen molar-refractivity contribution < 1.29 is 28.0 Å². The maximum Gasteiger partial charge on any atom is 0.313 e. The van der Waals surface area contributed by atoms with E-state index in [0.29, 0.717) is 9.50 Å². The van der Waals surface area contributed by atoms with Gasteiger partial charge in [-0.15, -0.1) is 0 Å². The van der Waals surface area contributed by atoms with Crippen LogP contribution in [-0.4, -0.2) is 29.2 Å². The lowest BCUT2D eigenvalue weighted by atomic mass is 10.1. The van der Waals surface area contributed by atoms with Crippen molar-refractivity contribution in [2.75, 3.05) is 6.54 Å². The lowest BCUT2D eigenvalue weighted by Gasteiger charge is -2.13. The molecule has 34 heavy (non-hydrogen) atoms. The zero-order valence-electron chi connectivity index (χ0n) is 17.2. The number of carbonyl (C=O) groups is 3. The molecule has 2 aromatic heterocycles. The zero-order valence-corrected chi connectivity index (χ0v) is 19.5. The Morgan fingerprint density at radius 3 is 2.59 bits per heavy atom. The third-order valence-corrected chi connectivity index (χ3v) is 5.97. The van der Waals surface area contributed by atoms with Gasteiger partial charge < -0.3 is 13.6 Å². The van der Waals surface area contributed by atoms with Gasteiger partial charge in [-0.05, 0) is 48.5 Å². The molecule has 0 atom stereocenters. The Kier molecular flexibility index (Phi) is 5.59. The molecule has 5 rings (SSSR count). The number of ether oxygens (including phenoxy) is 1. The fourth-order valence-electron chi connectivity index (χ4n) is 3.65. The summed E-state index contributed by atoms with van der Waals surface area (Å²) in [6, 6.07) is 12.4. The number of rotatable bonds is 5. The second-order valence-corrected chi connectivity index (χ2v) is 8.74. The Labute approximate surface area is 204 Å². The second-order valence-electron chi connectivity index (χ2n) is 7.38. The second kappa shape index (κ2) is 8.58. The first-order chi connectivity index (χ1) is 16.3. The number of amides is 2. The Morgan fingerprint density at radius 1 is 1.03 bits per heavy atom. The molecule has 1 aliphatic heterocycles. The Hall–Kier alpha value is -3.69.